The molecule has 0 saturated heterocycles. The van der Waals surface area contributed by atoms with Gasteiger partial charge in [-0.25, -0.2) is 4.79 Å². The van der Waals surface area contributed by atoms with Gasteiger partial charge in [-0.2, -0.15) is 10.2 Å². The summed E-state index contributed by atoms with van der Waals surface area (Å²) in [6.07, 6.45) is 2.90. The van der Waals surface area contributed by atoms with Crippen LogP contribution in [0.2, 0.25) is 5.02 Å². The number of nitrogens with zero attached hydrogens (tertiary/aromatic N) is 4. The average Bonchev–Trinajstić information content (AvgIpc) is 3.00. The first-order valence-corrected chi connectivity index (χ1v) is 6.50. The number of ether oxygens (including phenoxy) is 1. The Kier molecular flexibility index (Phi) is 4.27. The van der Waals surface area contributed by atoms with E-state index < -0.39 is 11.9 Å². The molecule has 2 aromatic heterocycles. The van der Waals surface area contributed by atoms with E-state index in [1.165, 1.54) is 28.9 Å². The highest BCUT2D eigenvalue weighted by molar-refractivity contribution is 6.34. The first kappa shape index (κ1) is 15.0. The van der Waals surface area contributed by atoms with Crippen molar-refractivity contribution < 1.29 is 14.3 Å². The quantitative estimate of drug-likeness (QED) is 0.860. The summed E-state index contributed by atoms with van der Waals surface area (Å²) >= 11 is 5.96. The Balaban J connectivity index is 2.32. The molecule has 0 atom stereocenters. The van der Waals surface area contributed by atoms with Gasteiger partial charge >= 0.3 is 5.97 Å². The standard InChI is InChI=1S/C12H14ClN5O3/c1-4-18-10(7(13)5-14-18)11(19)15-8-6-17(2)16-9(8)12(20)21-3/h5-6H,4H2,1-3H3,(H,15,19). The normalized spacial score (nSPS) is 10.5. The maximum atomic E-state index is 12.3. The summed E-state index contributed by atoms with van der Waals surface area (Å²) in [5, 5.41) is 10.8. The molecule has 8 nitrogen and oxygen atoms in total. The van der Waals surface area contributed by atoms with Crippen molar-refractivity contribution in [1.82, 2.24) is 19.6 Å². The van der Waals surface area contributed by atoms with Crippen LogP contribution in [0, 0.1) is 0 Å². The van der Waals surface area contributed by atoms with Crippen LogP contribution in [0.1, 0.15) is 27.9 Å². The van der Waals surface area contributed by atoms with Crippen LogP contribution in [0.25, 0.3) is 0 Å². The van der Waals surface area contributed by atoms with E-state index in [-0.39, 0.29) is 22.1 Å². The zero-order chi connectivity index (χ0) is 15.6. The number of hydrogen-bond acceptors (Lipinski definition) is 5. The van der Waals surface area contributed by atoms with Crippen molar-refractivity contribution in [2.45, 2.75) is 13.5 Å². The number of aromatic nitrogens is 4. The molecule has 2 heterocycles. The Bertz CT molecular complexity index is 691. The summed E-state index contributed by atoms with van der Waals surface area (Å²) < 4.78 is 7.49. The third-order valence-corrected chi connectivity index (χ3v) is 3.04. The summed E-state index contributed by atoms with van der Waals surface area (Å²) in [4.78, 5) is 23.9. The molecule has 0 spiro atoms. The number of rotatable bonds is 4. The molecule has 0 saturated carbocycles. The van der Waals surface area contributed by atoms with Crippen LogP contribution in [-0.2, 0) is 18.3 Å². The number of carbonyl (C=O) groups is 2. The molecule has 1 amide bonds. The van der Waals surface area contributed by atoms with Crippen LogP contribution >= 0.6 is 11.6 Å². The number of methoxy groups -OCH3 is 1. The van der Waals surface area contributed by atoms with Crippen LogP contribution < -0.4 is 5.32 Å². The maximum Gasteiger partial charge on any atom is 0.360 e. The smallest absolute Gasteiger partial charge is 0.360 e. The van der Waals surface area contributed by atoms with E-state index in [2.05, 4.69) is 20.3 Å². The number of hydrogen-bond donors (Lipinski definition) is 1. The molecule has 0 aromatic carbocycles. The number of carbonyl (C=O) groups excluding carboxylic acids is 2. The van der Waals surface area contributed by atoms with Gasteiger partial charge in [0.15, 0.2) is 5.69 Å². The highest BCUT2D eigenvalue weighted by atomic mass is 35.5. The van der Waals surface area contributed by atoms with Crippen molar-refractivity contribution in [2.24, 2.45) is 7.05 Å². The highest BCUT2D eigenvalue weighted by Crippen LogP contribution is 2.19. The topological polar surface area (TPSA) is 91.0 Å². The van der Waals surface area contributed by atoms with Crippen LogP contribution in [0.4, 0.5) is 5.69 Å². The summed E-state index contributed by atoms with van der Waals surface area (Å²) in [5.41, 5.74) is 0.486. The van der Waals surface area contributed by atoms with Crippen molar-refractivity contribution in [3.8, 4) is 0 Å². The second-order valence-electron chi connectivity index (χ2n) is 4.17. The monoisotopic (exact) mass is 311 g/mol. The largest absolute Gasteiger partial charge is 0.464 e. The van der Waals surface area contributed by atoms with E-state index in [0.29, 0.717) is 6.54 Å². The van der Waals surface area contributed by atoms with E-state index in [0.717, 1.165) is 0 Å². The number of amides is 1. The van der Waals surface area contributed by atoms with Gasteiger partial charge in [0, 0.05) is 19.8 Å². The fourth-order valence-electron chi connectivity index (χ4n) is 1.84. The highest BCUT2D eigenvalue weighted by Gasteiger charge is 2.22. The lowest BCUT2D eigenvalue weighted by atomic mass is 10.3. The van der Waals surface area contributed by atoms with Gasteiger partial charge in [0.05, 0.1) is 24.0 Å². The van der Waals surface area contributed by atoms with Crippen LogP contribution in [-0.4, -0.2) is 38.5 Å². The molecule has 2 aromatic rings. The minimum Gasteiger partial charge on any atom is -0.464 e. The summed E-state index contributed by atoms with van der Waals surface area (Å²) in [7, 11) is 2.87. The van der Waals surface area contributed by atoms with Crippen molar-refractivity contribution >= 4 is 29.2 Å². The Labute approximate surface area is 125 Å². The zero-order valence-electron chi connectivity index (χ0n) is 11.8. The van der Waals surface area contributed by atoms with Crippen molar-refractivity contribution in [2.75, 3.05) is 12.4 Å². The van der Waals surface area contributed by atoms with Gasteiger partial charge in [-0.1, -0.05) is 11.6 Å². The van der Waals surface area contributed by atoms with Crippen molar-refractivity contribution in [3.05, 3.63) is 28.8 Å². The average molecular weight is 312 g/mol. The van der Waals surface area contributed by atoms with Gasteiger partial charge < -0.3 is 10.1 Å². The summed E-state index contributed by atoms with van der Waals surface area (Å²) in [6.45, 7) is 2.33. The number of halogens is 1. The Morgan fingerprint density at radius 1 is 1.48 bits per heavy atom. The Morgan fingerprint density at radius 2 is 2.19 bits per heavy atom. The van der Waals surface area contributed by atoms with Gasteiger partial charge in [0.2, 0.25) is 0 Å². The SMILES string of the molecule is CCn1ncc(Cl)c1C(=O)Nc1cn(C)nc1C(=O)OC. The molecule has 0 unspecified atom stereocenters. The van der Waals surface area contributed by atoms with Gasteiger partial charge in [-0.3, -0.25) is 14.2 Å². The number of anilines is 1. The molecule has 2 rings (SSSR count). The molecule has 0 aliphatic heterocycles. The molecule has 112 valence electrons. The Hall–Kier alpha value is -2.35. The number of esters is 1. The van der Waals surface area contributed by atoms with E-state index in [1.807, 2.05) is 6.92 Å². The van der Waals surface area contributed by atoms with Gasteiger partial charge in [0.25, 0.3) is 5.91 Å². The molecule has 21 heavy (non-hydrogen) atoms. The van der Waals surface area contributed by atoms with Crippen molar-refractivity contribution in [1.29, 1.82) is 0 Å². The third kappa shape index (κ3) is 2.89. The van der Waals surface area contributed by atoms with E-state index in [4.69, 9.17) is 11.6 Å². The van der Waals surface area contributed by atoms with Gasteiger partial charge in [0.1, 0.15) is 5.69 Å². The van der Waals surface area contributed by atoms with Gasteiger partial charge in [-0.05, 0) is 6.92 Å². The van der Waals surface area contributed by atoms with E-state index in [1.54, 1.807) is 7.05 Å². The number of nitrogens with one attached hydrogen (secondary N) is 1. The molecule has 9 heteroatoms. The predicted octanol–water partition coefficient (Wildman–Crippen LogP) is 1.33. The third-order valence-electron chi connectivity index (χ3n) is 2.77. The fraction of sp³-hybridized carbons (Fsp3) is 0.333. The van der Waals surface area contributed by atoms with Crippen LogP contribution in [0.5, 0.6) is 0 Å². The fourth-order valence-corrected chi connectivity index (χ4v) is 2.06. The van der Waals surface area contributed by atoms with Gasteiger partial charge in [-0.15, -0.1) is 0 Å². The molecule has 1 N–H and O–H groups in total. The molecule has 0 aliphatic carbocycles. The number of aryl methyl sites for hydroxylation is 2. The maximum absolute atomic E-state index is 12.3. The first-order chi connectivity index (χ1) is 9.97. The molecular weight excluding hydrogens is 298 g/mol. The lowest BCUT2D eigenvalue weighted by molar-refractivity contribution is 0.0594. The van der Waals surface area contributed by atoms with Crippen molar-refractivity contribution in [3.63, 3.8) is 0 Å². The summed E-state index contributed by atoms with van der Waals surface area (Å²) in [6, 6.07) is 0. The molecule has 0 aliphatic rings. The van der Waals surface area contributed by atoms with E-state index in [9.17, 15) is 9.59 Å². The minimum absolute atomic E-state index is 0.0204. The molecule has 0 radical (unpaired) electrons. The predicted molar refractivity (Wildman–Crippen MR) is 75.4 cm³/mol. The molecule has 0 bridgehead atoms. The lowest BCUT2D eigenvalue weighted by Crippen LogP contribution is -2.19. The second kappa shape index (κ2) is 5.96. The molecular formula is C12H14ClN5O3. The van der Waals surface area contributed by atoms with Crippen LogP contribution in [0.3, 0.4) is 0 Å². The zero-order valence-corrected chi connectivity index (χ0v) is 12.5. The van der Waals surface area contributed by atoms with E-state index >= 15 is 0 Å². The first-order valence-electron chi connectivity index (χ1n) is 6.12. The lowest BCUT2D eigenvalue weighted by Gasteiger charge is -2.06. The minimum atomic E-state index is -0.638. The van der Waals surface area contributed by atoms with Crippen LogP contribution in [0.15, 0.2) is 12.4 Å². The Morgan fingerprint density at radius 3 is 2.81 bits per heavy atom. The second-order valence-corrected chi connectivity index (χ2v) is 4.57. The summed E-state index contributed by atoms with van der Waals surface area (Å²) in [5.74, 6) is -1.11. The molecule has 0 fully saturated rings.